The fraction of sp³-hybridized carbons (Fsp3) is 0.375. The van der Waals surface area contributed by atoms with Crippen molar-refractivity contribution in [3.05, 3.63) is 21.0 Å². The van der Waals surface area contributed by atoms with Gasteiger partial charge in [0.05, 0.1) is 12.7 Å². The summed E-state index contributed by atoms with van der Waals surface area (Å²) >= 11 is 1.88. The molecule has 0 unspecified atom stereocenters. The molecule has 0 aliphatic rings. The van der Waals surface area contributed by atoms with Crippen LogP contribution in [-0.4, -0.2) is 12.1 Å². The first kappa shape index (κ1) is 10.6. The van der Waals surface area contributed by atoms with Gasteiger partial charge in [-0.15, -0.1) is 0 Å². The fourth-order valence-electron chi connectivity index (χ4n) is 1.01. The van der Waals surface area contributed by atoms with E-state index in [-0.39, 0.29) is 11.3 Å². The van der Waals surface area contributed by atoms with Gasteiger partial charge < -0.3 is 4.74 Å². The van der Waals surface area contributed by atoms with Crippen molar-refractivity contribution in [3.63, 3.8) is 0 Å². The molecular weight excluding hydrogens is 291 g/mol. The molecule has 0 aromatic carbocycles. The van der Waals surface area contributed by atoms with Gasteiger partial charge in [0.2, 0.25) is 0 Å². The van der Waals surface area contributed by atoms with Crippen molar-refractivity contribution in [2.45, 2.75) is 13.3 Å². The lowest BCUT2D eigenvalue weighted by atomic mass is 10.2. The minimum absolute atomic E-state index is 0.0978. The zero-order valence-electron chi connectivity index (χ0n) is 7.14. The third-order valence-electron chi connectivity index (χ3n) is 1.53. The molecule has 0 N–H and O–H groups in total. The lowest BCUT2D eigenvalue weighted by Crippen LogP contribution is -1.99. The molecule has 0 fully saturated rings. The van der Waals surface area contributed by atoms with Gasteiger partial charge in [0.15, 0.2) is 5.75 Å². The van der Waals surface area contributed by atoms with Gasteiger partial charge in [-0.2, -0.15) is 0 Å². The van der Waals surface area contributed by atoms with Crippen LogP contribution in [0.3, 0.4) is 0 Å². The molecule has 1 aromatic heterocycles. The van der Waals surface area contributed by atoms with Crippen LogP contribution in [0.15, 0.2) is 6.07 Å². The molecule has 1 aromatic rings. The first-order valence-corrected chi connectivity index (χ1v) is 4.63. The summed E-state index contributed by atoms with van der Waals surface area (Å²) in [5, 5.41) is 0. The Kier molecular flexibility index (Phi) is 3.40. The zero-order valence-corrected chi connectivity index (χ0v) is 9.30. The van der Waals surface area contributed by atoms with E-state index in [1.165, 1.54) is 13.2 Å². The largest absolute Gasteiger partial charge is 0.493 e. The predicted octanol–water partition coefficient (Wildman–Crippen LogP) is 2.94. The van der Waals surface area contributed by atoms with E-state index in [4.69, 9.17) is 4.74 Å². The summed E-state index contributed by atoms with van der Waals surface area (Å²) in [5.74, 6) is 0.168. The molecule has 5 heteroatoms. The molecule has 0 spiro atoms. The van der Waals surface area contributed by atoms with E-state index >= 15 is 0 Å². The second kappa shape index (κ2) is 4.17. The van der Waals surface area contributed by atoms with Gasteiger partial charge >= 0.3 is 0 Å². The summed E-state index contributed by atoms with van der Waals surface area (Å²) < 4.78 is 30.2. The number of pyridine rings is 1. The second-order valence-corrected chi connectivity index (χ2v) is 3.50. The smallest absolute Gasteiger partial charge is 0.267 e. The second-order valence-electron chi connectivity index (χ2n) is 2.48. The summed E-state index contributed by atoms with van der Waals surface area (Å²) in [6, 6.07) is 1.34. The van der Waals surface area contributed by atoms with Crippen molar-refractivity contribution in [1.29, 1.82) is 0 Å². The number of hydrogen-bond acceptors (Lipinski definition) is 2. The molecule has 0 atom stereocenters. The van der Waals surface area contributed by atoms with Gasteiger partial charge in [0, 0.05) is 5.69 Å². The minimum atomic E-state index is -2.52. The van der Waals surface area contributed by atoms with Crippen LogP contribution < -0.4 is 4.74 Å². The van der Waals surface area contributed by atoms with Crippen molar-refractivity contribution in [2.24, 2.45) is 0 Å². The van der Waals surface area contributed by atoms with Crippen molar-refractivity contribution in [1.82, 2.24) is 4.98 Å². The Morgan fingerprint density at radius 2 is 2.15 bits per heavy atom. The van der Waals surface area contributed by atoms with Crippen molar-refractivity contribution < 1.29 is 13.5 Å². The summed E-state index contributed by atoms with van der Waals surface area (Å²) in [4.78, 5) is 4.02. The highest BCUT2D eigenvalue weighted by Gasteiger charge is 2.17. The Bertz CT molecular complexity index is 317. The van der Waals surface area contributed by atoms with Gasteiger partial charge in [-0.05, 0) is 35.6 Å². The summed E-state index contributed by atoms with van der Waals surface area (Å²) in [6.45, 7) is 1.67. The normalized spacial score (nSPS) is 10.6. The van der Waals surface area contributed by atoms with E-state index in [0.717, 1.165) is 0 Å². The SMILES string of the molecule is COc1c(C(F)F)cc(C)nc1I. The maximum absolute atomic E-state index is 12.5. The van der Waals surface area contributed by atoms with Gasteiger partial charge in [0.1, 0.15) is 3.70 Å². The molecule has 0 bridgehead atoms. The Morgan fingerprint density at radius 1 is 1.54 bits per heavy atom. The number of aromatic nitrogens is 1. The van der Waals surface area contributed by atoms with E-state index < -0.39 is 6.43 Å². The molecule has 13 heavy (non-hydrogen) atoms. The van der Waals surface area contributed by atoms with E-state index in [1.807, 2.05) is 22.6 Å². The Balaban J connectivity index is 3.29. The lowest BCUT2D eigenvalue weighted by Gasteiger charge is -2.09. The topological polar surface area (TPSA) is 22.1 Å². The number of aryl methyl sites for hydroxylation is 1. The molecule has 1 rings (SSSR count). The number of nitrogens with zero attached hydrogens (tertiary/aromatic N) is 1. The van der Waals surface area contributed by atoms with Crippen LogP contribution in [-0.2, 0) is 0 Å². The fourth-order valence-corrected chi connectivity index (χ4v) is 1.92. The molecule has 2 nitrogen and oxygen atoms in total. The maximum atomic E-state index is 12.5. The third kappa shape index (κ3) is 2.26. The van der Waals surface area contributed by atoms with Crippen molar-refractivity contribution in [3.8, 4) is 5.75 Å². The van der Waals surface area contributed by atoms with Gasteiger partial charge in [-0.1, -0.05) is 0 Å². The van der Waals surface area contributed by atoms with E-state index in [1.54, 1.807) is 6.92 Å². The molecule has 0 amide bonds. The average Bonchev–Trinajstić information content (AvgIpc) is 2.02. The Labute approximate surface area is 88.5 Å². The van der Waals surface area contributed by atoms with E-state index in [2.05, 4.69) is 4.98 Å². The van der Waals surface area contributed by atoms with Crippen LogP contribution in [0.4, 0.5) is 8.78 Å². The number of halogens is 3. The number of methoxy groups -OCH3 is 1. The van der Waals surface area contributed by atoms with Gasteiger partial charge in [-0.25, -0.2) is 13.8 Å². The van der Waals surface area contributed by atoms with Gasteiger partial charge in [-0.3, -0.25) is 0 Å². The minimum Gasteiger partial charge on any atom is -0.493 e. The highest BCUT2D eigenvalue weighted by atomic mass is 127. The molecule has 0 saturated carbocycles. The van der Waals surface area contributed by atoms with Crippen LogP contribution in [0.5, 0.6) is 5.75 Å². The first-order chi connectivity index (χ1) is 6.06. The first-order valence-electron chi connectivity index (χ1n) is 3.55. The third-order valence-corrected chi connectivity index (χ3v) is 2.26. The molecule has 72 valence electrons. The highest BCUT2D eigenvalue weighted by Crippen LogP contribution is 2.32. The Hall–Kier alpha value is -0.460. The molecule has 1 heterocycles. The van der Waals surface area contributed by atoms with Crippen molar-refractivity contribution >= 4 is 22.6 Å². The monoisotopic (exact) mass is 299 g/mol. The number of alkyl halides is 2. The van der Waals surface area contributed by atoms with Crippen molar-refractivity contribution in [2.75, 3.05) is 7.11 Å². The van der Waals surface area contributed by atoms with Crippen LogP contribution in [0.2, 0.25) is 0 Å². The number of rotatable bonds is 2. The lowest BCUT2D eigenvalue weighted by molar-refractivity contribution is 0.146. The molecule has 0 aliphatic heterocycles. The number of ether oxygens (including phenoxy) is 1. The van der Waals surface area contributed by atoms with Gasteiger partial charge in [0.25, 0.3) is 6.43 Å². The van der Waals surface area contributed by atoms with Crippen LogP contribution in [0, 0.1) is 10.6 Å². The number of hydrogen-bond donors (Lipinski definition) is 0. The molecule has 0 radical (unpaired) electrons. The predicted molar refractivity (Wildman–Crippen MR) is 53.2 cm³/mol. The van der Waals surface area contributed by atoms with E-state index in [0.29, 0.717) is 9.39 Å². The molecule has 0 saturated heterocycles. The van der Waals surface area contributed by atoms with Crippen LogP contribution in [0.25, 0.3) is 0 Å². The zero-order chi connectivity index (χ0) is 10.0. The summed E-state index contributed by atoms with van der Waals surface area (Å²) in [7, 11) is 1.36. The quantitative estimate of drug-likeness (QED) is 0.619. The van der Waals surface area contributed by atoms with Crippen LogP contribution in [0.1, 0.15) is 17.7 Å². The standard InChI is InChI=1S/C8H8F2INO/c1-4-3-5(7(9)10)6(13-2)8(11)12-4/h3,7H,1-2H3. The van der Waals surface area contributed by atoms with E-state index in [9.17, 15) is 8.78 Å². The molecular formula is C8H8F2INO. The van der Waals surface area contributed by atoms with Crippen LogP contribution >= 0.6 is 22.6 Å². The average molecular weight is 299 g/mol. The molecule has 0 aliphatic carbocycles. The summed E-state index contributed by atoms with van der Waals surface area (Å²) in [6.07, 6.45) is -2.52. The highest BCUT2D eigenvalue weighted by molar-refractivity contribution is 14.1. The Morgan fingerprint density at radius 3 is 2.62 bits per heavy atom. The summed E-state index contributed by atoms with van der Waals surface area (Å²) in [5.41, 5.74) is 0.472. The maximum Gasteiger partial charge on any atom is 0.267 e.